The van der Waals surface area contributed by atoms with Gasteiger partial charge in [0.2, 0.25) is 11.9 Å². The number of carbonyl (C=O) groups excluding carboxylic acids is 1. The summed E-state index contributed by atoms with van der Waals surface area (Å²) < 4.78 is 54.8. The maximum atomic E-state index is 13.8. The Labute approximate surface area is 159 Å². The Balaban J connectivity index is 2.05. The second-order valence-corrected chi connectivity index (χ2v) is 8.16. The van der Waals surface area contributed by atoms with Crippen LogP contribution in [0.15, 0.2) is 12.1 Å². The Morgan fingerprint density at radius 2 is 2.00 bits per heavy atom. The number of anilines is 1. The number of hydrogen-bond donors (Lipinski definition) is 1. The van der Waals surface area contributed by atoms with E-state index in [2.05, 4.69) is 10.3 Å². The molecule has 0 aliphatic heterocycles. The van der Waals surface area contributed by atoms with Crippen molar-refractivity contribution in [3.05, 3.63) is 23.5 Å². The van der Waals surface area contributed by atoms with Crippen molar-refractivity contribution in [2.75, 3.05) is 5.32 Å². The zero-order valence-corrected chi connectivity index (χ0v) is 15.7. The Kier molecular flexibility index (Phi) is 4.64. The van der Waals surface area contributed by atoms with Crippen LogP contribution in [0.3, 0.4) is 0 Å². The minimum absolute atomic E-state index is 0.0299. The van der Waals surface area contributed by atoms with Crippen LogP contribution in [0.1, 0.15) is 52.0 Å². The summed E-state index contributed by atoms with van der Waals surface area (Å²) in [6.45, 7) is 3.81. The first-order valence-corrected chi connectivity index (χ1v) is 8.87. The zero-order chi connectivity index (χ0) is 20.9. The first kappa shape index (κ1) is 20.1. The number of hydrogen-bond acceptors (Lipinski definition) is 3. The van der Waals surface area contributed by atoms with E-state index >= 15 is 0 Å². The SMILES string of the molecule is CC1(n2c(NC(=O)CC(C)(C)C(F)(F)F)nc3cc(F)cc(C#N)c32)CCC1. The number of fused-ring (bicyclic) bond motifs is 1. The molecule has 0 saturated heterocycles. The molecule has 3 rings (SSSR count). The minimum atomic E-state index is -4.54. The van der Waals surface area contributed by atoms with Gasteiger partial charge in [0.25, 0.3) is 0 Å². The van der Waals surface area contributed by atoms with Gasteiger partial charge in [0.05, 0.1) is 22.0 Å². The van der Waals surface area contributed by atoms with E-state index in [0.717, 1.165) is 45.2 Å². The van der Waals surface area contributed by atoms with Crippen molar-refractivity contribution < 1.29 is 22.4 Å². The minimum Gasteiger partial charge on any atom is -0.303 e. The molecule has 1 aromatic heterocycles. The Bertz CT molecular complexity index is 980. The summed E-state index contributed by atoms with van der Waals surface area (Å²) in [5.74, 6) is -1.47. The number of amides is 1. The van der Waals surface area contributed by atoms with E-state index < -0.39 is 35.3 Å². The molecule has 0 radical (unpaired) electrons. The number of alkyl halides is 3. The predicted octanol–water partition coefficient (Wildman–Crippen LogP) is 4.86. The lowest BCUT2D eigenvalue weighted by Crippen LogP contribution is -2.39. The topological polar surface area (TPSA) is 70.7 Å². The first-order chi connectivity index (χ1) is 12.9. The third-order valence-electron chi connectivity index (χ3n) is 5.43. The van der Waals surface area contributed by atoms with E-state index in [1.54, 1.807) is 4.57 Å². The molecule has 1 saturated carbocycles. The third-order valence-corrected chi connectivity index (χ3v) is 5.43. The van der Waals surface area contributed by atoms with Crippen molar-refractivity contribution in [2.45, 2.75) is 58.2 Å². The number of nitrogens with zero attached hydrogens (tertiary/aromatic N) is 3. The molecule has 1 amide bonds. The molecule has 1 aromatic carbocycles. The molecule has 9 heteroatoms. The Morgan fingerprint density at radius 3 is 2.50 bits per heavy atom. The molecule has 1 N–H and O–H groups in total. The monoisotopic (exact) mass is 396 g/mol. The molecular formula is C19H20F4N4O. The number of nitrogens with one attached hydrogen (secondary N) is 1. The molecule has 150 valence electrons. The summed E-state index contributed by atoms with van der Waals surface area (Å²) >= 11 is 0. The fraction of sp³-hybridized carbons (Fsp3) is 0.526. The number of imidazole rings is 1. The fourth-order valence-electron chi connectivity index (χ4n) is 3.45. The van der Waals surface area contributed by atoms with Gasteiger partial charge in [-0.25, -0.2) is 9.37 Å². The molecule has 0 bridgehead atoms. The molecule has 1 fully saturated rings. The third kappa shape index (κ3) is 3.32. The maximum absolute atomic E-state index is 13.8. The van der Waals surface area contributed by atoms with Crippen molar-refractivity contribution in [2.24, 2.45) is 5.41 Å². The smallest absolute Gasteiger partial charge is 0.303 e. The Hall–Kier alpha value is -2.63. The van der Waals surface area contributed by atoms with Crippen LogP contribution in [0.25, 0.3) is 11.0 Å². The van der Waals surface area contributed by atoms with Crippen LogP contribution in [0.2, 0.25) is 0 Å². The highest BCUT2D eigenvalue weighted by Gasteiger charge is 2.48. The molecule has 0 spiro atoms. The lowest BCUT2D eigenvalue weighted by molar-refractivity contribution is -0.213. The van der Waals surface area contributed by atoms with Crippen molar-refractivity contribution in [1.29, 1.82) is 5.26 Å². The van der Waals surface area contributed by atoms with Gasteiger partial charge in [-0.1, -0.05) is 13.8 Å². The van der Waals surface area contributed by atoms with Crippen LogP contribution in [0.5, 0.6) is 0 Å². The van der Waals surface area contributed by atoms with E-state index in [1.165, 1.54) is 0 Å². The van der Waals surface area contributed by atoms with E-state index in [1.807, 2.05) is 13.0 Å². The van der Waals surface area contributed by atoms with Crippen LogP contribution < -0.4 is 5.32 Å². The van der Waals surface area contributed by atoms with Gasteiger partial charge < -0.3 is 4.57 Å². The van der Waals surface area contributed by atoms with Gasteiger partial charge in [0, 0.05) is 18.0 Å². The van der Waals surface area contributed by atoms with Crippen LogP contribution in [0.4, 0.5) is 23.5 Å². The maximum Gasteiger partial charge on any atom is 0.394 e. The number of halogens is 4. The number of aromatic nitrogens is 2. The van der Waals surface area contributed by atoms with Gasteiger partial charge in [-0.15, -0.1) is 0 Å². The van der Waals surface area contributed by atoms with Gasteiger partial charge in [0.15, 0.2) is 0 Å². The number of carbonyl (C=O) groups is 1. The molecule has 0 unspecified atom stereocenters. The van der Waals surface area contributed by atoms with Gasteiger partial charge in [-0.2, -0.15) is 18.4 Å². The molecule has 2 aromatic rings. The summed E-state index contributed by atoms with van der Waals surface area (Å²) in [5.41, 5.74) is -2.06. The number of nitriles is 1. The molecular weight excluding hydrogens is 376 g/mol. The van der Waals surface area contributed by atoms with E-state index in [0.29, 0.717) is 5.52 Å². The first-order valence-electron chi connectivity index (χ1n) is 8.87. The van der Waals surface area contributed by atoms with E-state index in [4.69, 9.17) is 0 Å². The van der Waals surface area contributed by atoms with Gasteiger partial charge in [-0.3, -0.25) is 10.1 Å². The van der Waals surface area contributed by atoms with Crippen molar-refractivity contribution >= 4 is 22.9 Å². The summed E-state index contributed by atoms with van der Waals surface area (Å²) in [6, 6.07) is 4.16. The second-order valence-electron chi connectivity index (χ2n) is 8.16. The summed E-state index contributed by atoms with van der Waals surface area (Å²) in [6.07, 6.45) is -2.90. The normalized spacial score (nSPS) is 16.5. The lowest BCUT2D eigenvalue weighted by atomic mass is 9.78. The largest absolute Gasteiger partial charge is 0.394 e. The average Bonchev–Trinajstić information content (AvgIpc) is 2.87. The molecule has 28 heavy (non-hydrogen) atoms. The van der Waals surface area contributed by atoms with Crippen molar-refractivity contribution in [1.82, 2.24) is 9.55 Å². The number of rotatable bonds is 4. The molecule has 1 aliphatic rings. The summed E-state index contributed by atoms with van der Waals surface area (Å²) in [5, 5.41) is 11.9. The van der Waals surface area contributed by atoms with Crippen molar-refractivity contribution in [3.63, 3.8) is 0 Å². The standard InChI is InChI=1S/C19H20F4N4O/c1-17(2,19(21,22)23)9-14(28)26-16-25-13-8-12(20)7-11(10-24)15(13)27(16)18(3)5-4-6-18/h7-8H,4-6,9H2,1-3H3,(H,25,26,28). The highest BCUT2D eigenvalue weighted by Crippen LogP contribution is 2.44. The van der Waals surface area contributed by atoms with Crippen LogP contribution in [-0.4, -0.2) is 21.6 Å². The molecule has 1 aliphatic carbocycles. The quantitative estimate of drug-likeness (QED) is 0.750. The van der Waals surface area contributed by atoms with Crippen LogP contribution in [0, 0.1) is 22.6 Å². The second kappa shape index (κ2) is 6.47. The van der Waals surface area contributed by atoms with Gasteiger partial charge in [0.1, 0.15) is 11.9 Å². The average molecular weight is 396 g/mol. The zero-order valence-electron chi connectivity index (χ0n) is 15.7. The Morgan fingerprint density at radius 1 is 1.36 bits per heavy atom. The fourth-order valence-corrected chi connectivity index (χ4v) is 3.45. The summed E-state index contributed by atoms with van der Waals surface area (Å²) in [4.78, 5) is 16.6. The highest BCUT2D eigenvalue weighted by atomic mass is 19.4. The van der Waals surface area contributed by atoms with E-state index in [-0.39, 0.29) is 17.0 Å². The number of benzene rings is 1. The summed E-state index contributed by atoms with van der Waals surface area (Å²) in [7, 11) is 0. The lowest BCUT2D eigenvalue weighted by Gasteiger charge is -2.41. The van der Waals surface area contributed by atoms with Crippen LogP contribution >= 0.6 is 0 Å². The molecule has 5 nitrogen and oxygen atoms in total. The molecule has 1 heterocycles. The van der Waals surface area contributed by atoms with Crippen LogP contribution in [-0.2, 0) is 10.3 Å². The van der Waals surface area contributed by atoms with E-state index in [9.17, 15) is 27.6 Å². The predicted molar refractivity (Wildman–Crippen MR) is 95.0 cm³/mol. The van der Waals surface area contributed by atoms with Gasteiger partial charge in [-0.05, 0) is 32.3 Å². The molecule has 0 atom stereocenters. The van der Waals surface area contributed by atoms with Gasteiger partial charge >= 0.3 is 6.18 Å². The van der Waals surface area contributed by atoms with Crippen molar-refractivity contribution in [3.8, 4) is 6.07 Å². The highest BCUT2D eigenvalue weighted by molar-refractivity contribution is 5.93.